The van der Waals surface area contributed by atoms with Crippen molar-refractivity contribution in [1.29, 1.82) is 0 Å². The number of carbonyl (C=O) groups excluding carboxylic acids is 1. The minimum Gasteiger partial charge on any atom is -0.326 e. The van der Waals surface area contributed by atoms with E-state index in [2.05, 4.69) is 5.32 Å². The third kappa shape index (κ3) is 3.47. The van der Waals surface area contributed by atoms with Crippen molar-refractivity contribution in [3.05, 3.63) is 29.8 Å². The molecule has 1 aliphatic rings. The minimum atomic E-state index is -4.41. The zero-order valence-electron chi connectivity index (χ0n) is 10.3. The second-order valence-corrected chi connectivity index (χ2v) is 5.02. The molecule has 0 spiro atoms. The zero-order valence-corrected chi connectivity index (χ0v) is 10.3. The molecule has 3 N–H and O–H groups in total. The molecule has 19 heavy (non-hydrogen) atoms. The molecule has 3 nitrogen and oxygen atoms in total. The maximum absolute atomic E-state index is 12.5. The first-order valence-electron chi connectivity index (χ1n) is 6.05. The summed E-state index contributed by atoms with van der Waals surface area (Å²) in [5.41, 5.74) is 4.80. The minimum absolute atomic E-state index is 0.141. The standard InChI is InChI=1S/C13H15F3N2O/c14-13(15,16)9-3-1-4-10(7-9)18-11(19)8-12(17)5-2-6-12/h1,3-4,7H,2,5-6,8,17H2,(H,18,19). The molecule has 0 heterocycles. The average molecular weight is 272 g/mol. The smallest absolute Gasteiger partial charge is 0.326 e. The number of benzene rings is 1. The van der Waals surface area contributed by atoms with Gasteiger partial charge < -0.3 is 11.1 Å². The summed E-state index contributed by atoms with van der Waals surface area (Å²) in [5, 5.41) is 2.46. The van der Waals surface area contributed by atoms with E-state index in [0.29, 0.717) is 0 Å². The van der Waals surface area contributed by atoms with Crippen LogP contribution in [0.25, 0.3) is 0 Å². The summed E-state index contributed by atoms with van der Waals surface area (Å²) >= 11 is 0. The van der Waals surface area contributed by atoms with Crippen molar-refractivity contribution in [2.45, 2.75) is 37.4 Å². The van der Waals surface area contributed by atoms with Gasteiger partial charge in [0.15, 0.2) is 0 Å². The highest BCUT2D eigenvalue weighted by Crippen LogP contribution is 2.33. The quantitative estimate of drug-likeness (QED) is 0.889. The van der Waals surface area contributed by atoms with Crippen LogP contribution in [0.5, 0.6) is 0 Å². The lowest BCUT2D eigenvalue weighted by atomic mass is 9.75. The number of alkyl halides is 3. The molecular formula is C13H15F3N2O. The van der Waals surface area contributed by atoms with Gasteiger partial charge in [-0.2, -0.15) is 13.2 Å². The highest BCUT2D eigenvalue weighted by atomic mass is 19.4. The van der Waals surface area contributed by atoms with Gasteiger partial charge in [-0.3, -0.25) is 4.79 Å². The third-order valence-corrected chi connectivity index (χ3v) is 3.34. The number of rotatable bonds is 3. The third-order valence-electron chi connectivity index (χ3n) is 3.34. The zero-order chi connectivity index (χ0) is 14.1. The van der Waals surface area contributed by atoms with Crippen LogP contribution in [0.2, 0.25) is 0 Å². The van der Waals surface area contributed by atoms with Crippen LogP contribution in [0.3, 0.4) is 0 Å². The first-order chi connectivity index (χ1) is 8.78. The van der Waals surface area contributed by atoms with Crippen LogP contribution < -0.4 is 11.1 Å². The van der Waals surface area contributed by atoms with Crippen molar-refractivity contribution in [2.24, 2.45) is 5.73 Å². The van der Waals surface area contributed by atoms with E-state index in [1.165, 1.54) is 12.1 Å². The topological polar surface area (TPSA) is 55.1 Å². The van der Waals surface area contributed by atoms with E-state index < -0.39 is 17.3 Å². The first-order valence-corrected chi connectivity index (χ1v) is 6.05. The van der Waals surface area contributed by atoms with E-state index in [1.807, 2.05) is 0 Å². The molecular weight excluding hydrogens is 257 g/mol. The predicted molar refractivity (Wildman–Crippen MR) is 65.5 cm³/mol. The van der Waals surface area contributed by atoms with E-state index in [1.54, 1.807) is 0 Å². The molecule has 1 aromatic carbocycles. The summed E-state index contributed by atoms with van der Waals surface area (Å²) in [6, 6.07) is 4.57. The molecule has 104 valence electrons. The highest BCUT2D eigenvalue weighted by Gasteiger charge is 2.35. The van der Waals surface area contributed by atoms with Crippen molar-refractivity contribution in [3.63, 3.8) is 0 Å². The monoisotopic (exact) mass is 272 g/mol. The van der Waals surface area contributed by atoms with Crippen molar-refractivity contribution in [2.75, 3.05) is 5.32 Å². The number of hydrogen-bond acceptors (Lipinski definition) is 2. The van der Waals surface area contributed by atoms with E-state index >= 15 is 0 Å². The summed E-state index contributed by atoms with van der Waals surface area (Å²) in [4.78, 5) is 11.7. The van der Waals surface area contributed by atoms with Gasteiger partial charge >= 0.3 is 6.18 Å². The Morgan fingerprint density at radius 2 is 2.05 bits per heavy atom. The van der Waals surface area contributed by atoms with Crippen molar-refractivity contribution in [3.8, 4) is 0 Å². The van der Waals surface area contributed by atoms with Gasteiger partial charge in [-0.15, -0.1) is 0 Å². The van der Waals surface area contributed by atoms with E-state index in [4.69, 9.17) is 5.73 Å². The number of anilines is 1. The van der Waals surface area contributed by atoms with Gasteiger partial charge in [0.05, 0.1) is 5.56 Å². The summed E-state index contributed by atoms with van der Waals surface area (Å²) < 4.78 is 37.5. The van der Waals surface area contributed by atoms with Gasteiger partial charge in [0.2, 0.25) is 5.91 Å². The summed E-state index contributed by atoms with van der Waals surface area (Å²) in [6.45, 7) is 0. The Labute approximate surface area is 109 Å². The van der Waals surface area contributed by atoms with E-state index in [0.717, 1.165) is 31.4 Å². The van der Waals surface area contributed by atoms with Crippen LogP contribution in [0, 0.1) is 0 Å². The largest absolute Gasteiger partial charge is 0.416 e. The molecule has 1 saturated carbocycles. The van der Waals surface area contributed by atoms with Crippen molar-refractivity contribution in [1.82, 2.24) is 0 Å². The average Bonchev–Trinajstić information content (AvgIpc) is 2.26. The molecule has 1 amide bonds. The Morgan fingerprint density at radius 1 is 1.37 bits per heavy atom. The molecule has 2 rings (SSSR count). The normalized spacial score (nSPS) is 17.7. The lowest BCUT2D eigenvalue weighted by Gasteiger charge is -2.37. The number of nitrogens with two attached hydrogens (primary N) is 1. The molecule has 0 aromatic heterocycles. The molecule has 1 fully saturated rings. The highest BCUT2D eigenvalue weighted by molar-refractivity contribution is 5.91. The molecule has 0 saturated heterocycles. The van der Waals surface area contributed by atoms with Crippen LogP contribution in [0.1, 0.15) is 31.2 Å². The number of nitrogens with one attached hydrogen (secondary N) is 1. The fourth-order valence-corrected chi connectivity index (χ4v) is 2.11. The number of amides is 1. The van der Waals surface area contributed by atoms with Gasteiger partial charge in [-0.25, -0.2) is 0 Å². The molecule has 0 unspecified atom stereocenters. The Kier molecular flexibility index (Phi) is 3.54. The lowest BCUT2D eigenvalue weighted by molar-refractivity contribution is -0.137. The molecule has 6 heteroatoms. The van der Waals surface area contributed by atoms with Crippen LogP contribution in [0.15, 0.2) is 24.3 Å². The van der Waals surface area contributed by atoms with E-state index in [-0.39, 0.29) is 18.0 Å². The molecule has 0 aliphatic heterocycles. The van der Waals surface area contributed by atoms with Gasteiger partial charge in [0.1, 0.15) is 0 Å². The lowest BCUT2D eigenvalue weighted by Crippen LogP contribution is -2.48. The van der Waals surface area contributed by atoms with Gasteiger partial charge in [-0.05, 0) is 37.5 Å². The first kappa shape index (κ1) is 13.9. The maximum atomic E-state index is 12.5. The second-order valence-electron chi connectivity index (χ2n) is 5.02. The Balaban J connectivity index is 2.01. The SMILES string of the molecule is NC1(CC(=O)Nc2cccc(C(F)(F)F)c2)CCC1. The molecule has 1 aliphatic carbocycles. The fourth-order valence-electron chi connectivity index (χ4n) is 2.11. The molecule has 0 radical (unpaired) electrons. The van der Waals surface area contributed by atoms with Gasteiger partial charge in [0, 0.05) is 17.6 Å². The summed E-state index contributed by atoms with van der Waals surface area (Å²) in [7, 11) is 0. The van der Waals surface area contributed by atoms with Crippen LogP contribution >= 0.6 is 0 Å². The van der Waals surface area contributed by atoms with Gasteiger partial charge in [-0.1, -0.05) is 6.07 Å². The van der Waals surface area contributed by atoms with Crippen molar-refractivity contribution < 1.29 is 18.0 Å². The number of hydrogen-bond donors (Lipinski definition) is 2. The number of carbonyl (C=O) groups is 1. The van der Waals surface area contributed by atoms with Gasteiger partial charge in [0.25, 0.3) is 0 Å². The van der Waals surface area contributed by atoms with E-state index in [9.17, 15) is 18.0 Å². The van der Waals surface area contributed by atoms with Crippen molar-refractivity contribution >= 4 is 11.6 Å². The van der Waals surface area contributed by atoms with Crippen LogP contribution in [-0.4, -0.2) is 11.4 Å². The summed E-state index contributed by atoms with van der Waals surface area (Å²) in [6.07, 6.45) is -1.72. The summed E-state index contributed by atoms with van der Waals surface area (Å²) in [5.74, 6) is -0.346. The Hall–Kier alpha value is -1.56. The van der Waals surface area contributed by atoms with Crippen LogP contribution in [-0.2, 0) is 11.0 Å². The maximum Gasteiger partial charge on any atom is 0.416 e. The van der Waals surface area contributed by atoms with Crippen LogP contribution in [0.4, 0.5) is 18.9 Å². The Bertz CT molecular complexity index is 481. The predicted octanol–water partition coefficient (Wildman–Crippen LogP) is 2.92. The Morgan fingerprint density at radius 3 is 2.58 bits per heavy atom. The molecule has 0 atom stereocenters. The molecule has 0 bridgehead atoms. The second kappa shape index (κ2) is 4.85. The molecule has 1 aromatic rings. The fraction of sp³-hybridized carbons (Fsp3) is 0.462. The number of halogens is 3.